The highest BCUT2D eigenvalue weighted by Crippen LogP contribution is 2.45. The van der Waals surface area contributed by atoms with Crippen molar-refractivity contribution in [2.75, 3.05) is 32.9 Å². The number of alkyl halides is 4. The number of aromatic amines is 1. The van der Waals surface area contributed by atoms with Gasteiger partial charge in [0, 0.05) is 29.2 Å². The van der Waals surface area contributed by atoms with Crippen molar-refractivity contribution < 1.29 is 22.3 Å². The largest absolute Gasteiger partial charge is 0.492 e. The van der Waals surface area contributed by atoms with Crippen molar-refractivity contribution in [1.82, 2.24) is 15.2 Å². The second-order valence-electron chi connectivity index (χ2n) is 9.37. The van der Waals surface area contributed by atoms with Gasteiger partial charge in [-0.15, -0.1) is 0 Å². The number of hydrogen-bond acceptors (Lipinski definition) is 3. The lowest BCUT2D eigenvalue weighted by molar-refractivity contribution is -0.155. The molecule has 0 bridgehead atoms. The minimum Gasteiger partial charge on any atom is -0.492 e. The number of benzene rings is 2. The van der Waals surface area contributed by atoms with E-state index >= 15 is 0 Å². The summed E-state index contributed by atoms with van der Waals surface area (Å²) < 4.78 is 59.5. The van der Waals surface area contributed by atoms with Gasteiger partial charge in [-0.3, -0.25) is 9.29 Å². The van der Waals surface area contributed by atoms with Crippen LogP contribution in [-0.4, -0.2) is 55.0 Å². The Morgan fingerprint density at radius 3 is 2.63 bits per heavy atom. The van der Waals surface area contributed by atoms with Gasteiger partial charge in [-0.2, -0.15) is 13.2 Å². The minimum absolute atomic E-state index is 0.295. The summed E-state index contributed by atoms with van der Waals surface area (Å²) in [5.74, 6) is 0.653. The van der Waals surface area contributed by atoms with Gasteiger partial charge in [-0.1, -0.05) is 24.3 Å². The summed E-state index contributed by atoms with van der Waals surface area (Å²) in [4.78, 5) is 5.02. The molecular weight excluding hydrogens is 458 g/mol. The third-order valence-corrected chi connectivity index (χ3v) is 6.86. The quantitative estimate of drug-likeness (QED) is 0.284. The smallest absolute Gasteiger partial charge is 0.401 e. The summed E-state index contributed by atoms with van der Waals surface area (Å²) >= 11 is 0. The number of aromatic nitrogens is 1. The number of ether oxygens (including phenoxy) is 1. The summed E-state index contributed by atoms with van der Waals surface area (Å²) in [5.41, 5.74) is 5.45. The molecule has 1 unspecified atom stereocenters. The molecular formula is C27H33F4N3O. The number of aryl methyl sites for hydroxylation is 1. The Hall–Kier alpha value is -2.58. The van der Waals surface area contributed by atoms with Gasteiger partial charge in [-0.25, -0.2) is 0 Å². The van der Waals surface area contributed by atoms with Crippen molar-refractivity contribution >= 4 is 10.9 Å². The predicted molar refractivity (Wildman–Crippen MR) is 131 cm³/mol. The van der Waals surface area contributed by atoms with Crippen LogP contribution in [0, 0.1) is 13.8 Å². The molecule has 1 aliphatic rings. The molecule has 2 atom stereocenters. The van der Waals surface area contributed by atoms with E-state index in [1.807, 2.05) is 57.2 Å². The molecule has 4 nitrogen and oxygen atoms in total. The fourth-order valence-corrected chi connectivity index (χ4v) is 5.24. The van der Waals surface area contributed by atoms with Gasteiger partial charge in [0.25, 0.3) is 0 Å². The molecule has 1 aliphatic heterocycles. The maximum absolute atomic E-state index is 13.8. The first-order valence-corrected chi connectivity index (χ1v) is 12.1. The first-order valence-electron chi connectivity index (χ1n) is 12.1. The number of fused-ring (bicyclic) bond motifs is 3. The lowest BCUT2D eigenvalue weighted by Crippen LogP contribution is -2.47. The fraction of sp³-hybridized carbons (Fsp3) is 0.481. The zero-order chi connectivity index (χ0) is 25.2. The van der Waals surface area contributed by atoms with Crippen molar-refractivity contribution in [3.05, 3.63) is 64.3 Å². The molecule has 0 spiro atoms. The van der Waals surface area contributed by atoms with E-state index in [4.69, 9.17) is 4.74 Å². The number of halogens is 4. The van der Waals surface area contributed by atoms with E-state index in [-0.39, 0.29) is 12.7 Å². The highest BCUT2D eigenvalue weighted by molar-refractivity contribution is 5.85. The molecule has 3 aromatic rings. The fourth-order valence-electron chi connectivity index (χ4n) is 5.24. The van der Waals surface area contributed by atoms with Crippen molar-refractivity contribution in [3.63, 3.8) is 0 Å². The molecule has 2 heterocycles. The van der Waals surface area contributed by atoms with Crippen LogP contribution in [0.5, 0.6) is 5.75 Å². The Balaban J connectivity index is 1.75. The number of hydrogen-bond donors (Lipinski definition) is 2. The lowest BCUT2D eigenvalue weighted by Gasteiger charge is -2.42. The average Bonchev–Trinajstić information content (AvgIpc) is 3.16. The highest BCUT2D eigenvalue weighted by Gasteiger charge is 2.43. The van der Waals surface area contributed by atoms with E-state index in [0.29, 0.717) is 38.3 Å². The number of rotatable bonds is 9. The predicted octanol–water partition coefficient (Wildman–Crippen LogP) is 6.01. The molecule has 8 heteroatoms. The van der Waals surface area contributed by atoms with Gasteiger partial charge >= 0.3 is 6.18 Å². The normalized spacial score (nSPS) is 18.7. The maximum atomic E-state index is 13.8. The zero-order valence-corrected chi connectivity index (χ0v) is 20.4. The van der Waals surface area contributed by atoms with Crippen LogP contribution in [0.15, 0.2) is 36.4 Å². The Bertz CT molecular complexity index is 1160. The Morgan fingerprint density at radius 2 is 1.89 bits per heavy atom. The summed E-state index contributed by atoms with van der Waals surface area (Å²) in [5, 5.41) is 4.19. The van der Waals surface area contributed by atoms with Gasteiger partial charge in [0.1, 0.15) is 12.4 Å². The van der Waals surface area contributed by atoms with E-state index in [9.17, 15) is 17.6 Å². The van der Waals surface area contributed by atoms with Crippen LogP contribution in [0.3, 0.4) is 0 Å². The zero-order valence-electron chi connectivity index (χ0n) is 20.4. The van der Waals surface area contributed by atoms with Gasteiger partial charge in [0.2, 0.25) is 0 Å². The highest BCUT2D eigenvalue weighted by atomic mass is 19.4. The van der Waals surface area contributed by atoms with Crippen molar-refractivity contribution in [3.8, 4) is 5.75 Å². The summed E-state index contributed by atoms with van der Waals surface area (Å²) in [6, 6.07) is 10.8. The first-order chi connectivity index (χ1) is 16.7. The van der Waals surface area contributed by atoms with Crippen LogP contribution in [0.4, 0.5) is 17.6 Å². The molecule has 0 fully saturated rings. The van der Waals surface area contributed by atoms with Gasteiger partial charge in [0.05, 0.1) is 19.3 Å². The third-order valence-electron chi connectivity index (χ3n) is 6.86. The number of nitrogens with one attached hydrogen (secondary N) is 2. The van der Waals surface area contributed by atoms with Gasteiger partial charge < -0.3 is 15.0 Å². The molecule has 0 aliphatic carbocycles. The van der Waals surface area contributed by atoms with Crippen LogP contribution in [0.1, 0.15) is 47.3 Å². The Morgan fingerprint density at radius 1 is 1.11 bits per heavy atom. The van der Waals surface area contributed by atoms with Gasteiger partial charge in [-0.05, 0) is 74.5 Å². The van der Waals surface area contributed by atoms with E-state index in [1.165, 1.54) is 0 Å². The molecule has 2 aromatic carbocycles. The van der Waals surface area contributed by atoms with Gasteiger partial charge in [0.15, 0.2) is 0 Å². The summed E-state index contributed by atoms with van der Waals surface area (Å²) in [7, 11) is 0. The first kappa shape index (κ1) is 25.5. The van der Waals surface area contributed by atoms with Crippen LogP contribution >= 0.6 is 0 Å². The molecule has 0 saturated heterocycles. The van der Waals surface area contributed by atoms with Crippen LogP contribution < -0.4 is 10.1 Å². The molecule has 190 valence electrons. The molecule has 0 saturated carbocycles. The second-order valence-corrected chi connectivity index (χ2v) is 9.37. The SMILES string of the molecule is Cc1ccc(OCCNCCCF)c(C)c1C1c2[nH]c3ccccc3c2C[C@@H](C)N1CC(F)(F)F. The van der Waals surface area contributed by atoms with Crippen LogP contribution in [0.25, 0.3) is 10.9 Å². The molecule has 35 heavy (non-hydrogen) atoms. The van der Waals surface area contributed by atoms with Crippen LogP contribution in [-0.2, 0) is 6.42 Å². The van der Waals surface area contributed by atoms with E-state index in [2.05, 4.69) is 10.3 Å². The number of para-hydroxylation sites is 1. The number of nitrogens with zero attached hydrogens (tertiary/aromatic N) is 1. The molecule has 4 rings (SSSR count). The molecule has 0 amide bonds. The van der Waals surface area contributed by atoms with Crippen molar-refractivity contribution in [2.24, 2.45) is 0 Å². The Kier molecular flexibility index (Phi) is 7.71. The van der Waals surface area contributed by atoms with Crippen molar-refractivity contribution in [1.29, 1.82) is 0 Å². The standard InChI is InChI=1S/C27H33F4N3O/c1-17-9-10-23(35-14-13-32-12-6-11-28)19(3)24(17)26-25-21(20-7-4-5-8-22(20)33-25)15-18(2)34(26)16-27(29,30)31/h4-5,7-10,18,26,32-33H,6,11-16H2,1-3H3/t18-,26?/m1/s1. The van der Waals surface area contributed by atoms with E-state index < -0.39 is 18.8 Å². The van der Waals surface area contributed by atoms with E-state index in [1.54, 1.807) is 4.90 Å². The Labute approximate surface area is 203 Å². The minimum atomic E-state index is -4.32. The molecule has 0 radical (unpaired) electrons. The second kappa shape index (κ2) is 10.6. The monoisotopic (exact) mass is 491 g/mol. The van der Waals surface area contributed by atoms with E-state index in [0.717, 1.165) is 38.9 Å². The summed E-state index contributed by atoms with van der Waals surface area (Å²) in [6.07, 6.45) is -3.32. The molecule has 2 N–H and O–H groups in total. The van der Waals surface area contributed by atoms with Crippen LogP contribution in [0.2, 0.25) is 0 Å². The third kappa shape index (κ3) is 5.48. The number of H-pyrrole nitrogens is 1. The summed E-state index contributed by atoms with van der Waals surface area (Å²) in [6.45, 7) is 5.91. The topological polar surface area (TPSA) is 40.3 Å². The lowest BCUT2D eigenvalue weighted by atomic mass is 9.85. The maximum Gasteiger partial charge on any atom is 0.401 e. The van der Waals surface area contributed by atoms with Crippen molar-refractivity contribution in [2.45, 2.75) is 51.9 Å². The average molecular weight is 492 g/mol. The molecule has 1 aromatic heterocycles.